The van der Waals surface area contributed by atoms with Crippen LogP contribution in [0.5, 0.6) is 0 Å². The number of rotatable bonds is 6. The Balaban J connectivity index is 2.60. The summed E-state index contributed by atoms with van der Waals surface area (Å²) in [5, 5.41) is 13.2. The van der Waals surface area contributed by atoms with Crippen LogP contribution in [-0.4, -0.2) is 17.7 Å². The van der Waals surface area contributed by atoms with Crippen molar-refractivity contribution in [3.05, 3.63) is 35.4 Å². The molecule has 0 aliphatic heterocycles. The van der Waals surface area contributed by atoms with E-state index in [1.807, 2.05) is 12.1 Å². The van der Waals surface area contributed by atoms with Crippen molar-refractivity contribution in [1.29, 1.82) is 0 Å². The fraction of sp³-hybridized carbons (Fsp3) is 0.600. The first kappa shape index (κ1) is 14.2. The van der Waals surface area contributed by atoms with Crippen LogP contribution in [0.15, 0.2) is 24.3 Å². The predicted molar refractivity (Wildman–Crippen MR) is 73.2 cm³/mol. The zero-order valence-corrected chi connectivity index (χ0v) is 11.4. The summed E-state index contributed by atoms with van der Waals surface area (Å²) in [4.78, 5) is 0. The molecule has 0 aliphatic carbocycles. The molecule has 17 heavy (non-hydrogen) atoms. The van der Waals surface area contributed by atoms with E-state index >= 15 is 0 Å². The summed E-state index contributed by atoms with van der Waals surface area (Å²) in [5.41, 5.74) is 2.34. The lowest BCUT2D eigenvalue weighted by Crippen LogP contribution is -2.27. The summed E-state index contributed by atoms with van der Waals surface area (Å²) < 4.78 is 0. The molecule has 1 aromatic rings. The average molecular weight is 235 g/mol. The van der Waals surface area contributed by atoms with Crippen LogP contribution in [-0.2, 0) is 0 Å². The van der Waals surface area contributed by atoms with E-state index in [2.05, 4.69) is 45.1 Å². The third kappa shape index (κ3) is 4.49. The van der Waals surface area contributed by atoms with Gasteiger partial charge in [0.25, 0.3) is 0 Å². The Morgan fingerprint density at radius 3 is 2.06 bits per heavy atom. The Hall–Kier alpha value is -0.860. The summed E-state index contributed by atoms with van der Waals surface area (Å²) >= 11 is 0. The molecule has 2 atom stereocenters. The molecule has 0 spiro atoms. The summed E-state index contributed by atoms with van der Waals surface area (Å²) in [5.74, 6) is 0.593. The van der Waals surface area contributed by atoms with Crippen LogP contribution < -0.4 is 5.32 Å². The lowest BCUT2D eigenvalue weighted by atomic mass is 9.96. The van der Waals surface area contributed by atoms with Crippen molar-refractivity contribution in [2.45, 2.75) is 52.2 Å². The van der Waals surface area contributed by atoms with Crippen molar-refractivity contribution in [2.24, 2.45) is 0 Å². The Bertz CT molecular complexity index is 318. The fourth-order valence-corrected chi connectivity index (χ4v) is 1.75. The highest BCUT2D eigenvalue weighted by Gasteiger charge is 2.09. The maximum atomic E-state index is 9.99. The third-order valence-electron chi connectivity index (χ3n) is 3.22. The van der Waals surface area contributed by atoms with E-state index < -0.39 is 6.10 Å². The molecule has 0 aliphatic rings. The van der Waals surface area contributed by atoms with Crippen LogP contribution >= 0.6 is 0 Å². The number of nitrogens with one attached hydrogen (secondary N) is 1. The fourth-order valence-electron chi connectivity index (χ4n) is 1.75. The molecule has 0 fully saturated rings. The van der Waals surface area contributed by atoms with Gasteiger partial charge in [-0.25, -0.2) is 0 Å². The van der Waals surface area contributed by atoms with Gasteiger partial charge in [0.1, 0.15) is 0 Å². The van der Waals surface area contributed by atoms with E-state index in [4.69, 9.17) is 0 Å². The minimum absolute atomic E-state index is 0.407. The molecule has 0 saturated heterocycles. The van der Waals surface area contributed by atoms with Crippen LogP contribution in [0, 0.1) is 0 Å². The standard InChI is InChI=1S/C15H25NO/c1-5-12(4)13-6-8-14(9-7-13)15(17)10-16-11(2)3/h6-9,11-12,15-17H,5,10H2,1-4H3. The van der Waals surface area contributed by atoms with Gasteiger partial charge in [0, 0.05) is 12.6 Å². The van der Waals surface area contributed by atoms with E-state index in [9.17, 15) is 5.11 Å². The number of aliphatic hydroxyl groups is 1. The second kappa shape index (κ2) is 6.77. The molecular formula is C15H25NO. The van der Waals surface area contributed by atoms with Crippen LogP contribution in [0.3, 0.4) is 0 Å². The van der Waals surface area contributed by atoms with E-state index in [1.165, 1.54) is 5.56 Å². The third-order valence-corrected chi connectivity index (χ3v) is 3.22. The topological polar surface area (TPSA) is 32.3 Å². The van der Waals surface area contributed by atoms with Gasteiger partial charge in [0.15, 0.2) is 0 Å². The number of hydrogen-bond donors (Lipinski definition) is 2. The van der Waals surface area contributed by atoms with Gasteiger partial charge >= 0.3 is 0 Å². The first-order valence-corrected chi connectivity index (χ1v) is 6.55. The van der Waals surface area contributed by atoms with Gasteiger partial charge in [-0.1, -0.05) is 52.0 Å². The highest BCUT2D eigenvalue weighted by Crippen LogP contribution is 2.21. The SMILES string of the molecule is CCC(C)c1ccc(C(O)CNC(C)C)cc1. The molecule has 0 radical (unpaired) electrons. The average Bonchev–Trinajstić information content (AvgIpc) is 2.35. The lowest BCUT2D eigenvalue weighted by Gasteiger charge is -2.15. The van der Waals surface area contributed by atoms with Gasteiger partial charge < -0.3 is 10.4 Å². The normalized spacial score (nSPS) is 14.9. The molecule has 0 amide bonds. The molecule has 2 unspecified atom stereocenters. The van der Waals surface area contributed by atoms with Crippen molar-refractivity contribution in [3.63, 3.8) is 0 Å². The van der Waals surface area contributed by atoms with Gasteiger partial charge in [0.2, 0.25) is 0 Å². The predicted octanol–water partition coefficient (Wildman–Crippen LogP) is 3.23. The summed E-state index contributed by atoms with van der Waals surface area (Å²) in [6, 6.07) is 8.73. The number of benzene rings is 1. The summed E-state index contributed by atoms with van der Waals surface area (Å²) in [7, 11) is 0. The maximum absolute atomic E-state index is 9.99. The zero-order valence-electron chi connectivity index (χ0n) is 11.4. The van der Waals surface area contributed by atoms with Gasteiger partial charge in [-0.15, -0.1) is 0 Å². The Morgan fingerprint density at radius 1 is 1.06 bits per heavy atom. The molecule has 0 saturated carbocycles. The molecule has 1 rings (SSSR count). The second-order valence-corrected chi connectivity index (χ2v) is 5.05. The zero-order chi connectivity index (χ0) is 12.8. The Labute approximate surface area is 105 Å². The second-order valence-electron chi connectivity index (χ2n) is 5.05. The Morgan fingerprint density at radius 2 is 1.59 bits per heavy atom. The summed E-state index contributed by atoms with van der Waals surface area (Å²) in [6.45, 7) is 9.20. The van der Waals surface area contributed by atoms with Gasteiger partial charge in [-0.3, -0.25) is 0 Å². The van der Waals surface area contributed by atoms with Gasteiger partial charge in [-0.05, 0) is 23.5 Å². The molecule has 0 bridgehead atoms. The largest absolute Gasteiger partial charge is 0.387 e. The monoisotopic (exact) mass is 235 g/mol. The molecule has 1 aromatic carbocycles. The molecule has 0 aromatic heterocycles. The van der Waals surface area contributed by atoms with Gasteiger partial charge in [0.05, 0.1) is 6.10 Å². The minimum Gasteiger partial charge on any atom is -0.387 e. The van der Waals surface area contributed by atoms with E-state index in [-0.39, 0.29) is 0 Å². The first-order valence-electron chi connectivity index (χ1n) is 6.55. The van der Waals surface area contributed by atoms with Crippen LogP contribution in [0.1, 0.15) is 57.3 Å². The van der Waals surface area contributed by atoms with E-state index in [1.54, 1.807) is 0 Å². The van der Waals surface area contributed by atoms with Crippen LogP contribution in [0.4, 0.5) is 0 Å². The highest BCUT2D eigenvalue weighted by molar-refractivity contribution is 5.26. The number of aliphatic hydroxyl groups excluding tert-OH is 1. The smallest absolute Gasteiger partial charge is 0.0914 e. The molecule has 2 N–H and O–H groups in total. The lowest BCUT2D eigenvalue weighted by molar-refractivity contribution is 0.171. The van der Waals surface area contributed by atoms with E-state index in [0.717, 1.165) is 12.0 Å². The minimum atomic E-state index is -0.414. The van der Waals surface area contributed by atoms with Crippen molar-refractivity contribution in [2.75, 3.05) is 6.54 Å². The molecule has 0 heterocycles. The molecule has 2 nitrogen and oxygen atoms in total. The van der Waals surface area contributed by atoms with Gasteiger partial charge in [-0.2, -0.15) is 0 Å². The quantitative estimate of drug-likeness (QED) is 0.793. The number of hydrogen-bond acceptors (Lipinski definition) is 2. The maximum Gasteiger partial charge on any atom is 0.0914 e. The molecule has 96 valence electrons. The van der Waals surface area contributed by atoms with Crippen molar-refractivity contribution >= 4 is 0 Å². The molecular weight excluding hydrogens is 210 g/mol. The first-order chi connectivity index (χ1) is 8.04. The summed E-state index contributed by atoms with van der Waals surface area (Å²) in [6.07, 6.45) is 0.736. The highest BCUT2D eigenvalue weighted by atomic mass is 16.3. The van der Waals surface area contributed by atoms with Crippen LogP contribution in [0.25, 0.3) is 0 Å². The van der Waals surface area contributed by atoms with Crippen molar-refractivity contribution < 1.29 is 5.11 Å². The van der Waals surface area contributed by atoms with Crippen LogP contribution in [0.2, 0.25) is 0 Å². The Kier molecular flexibility index (Phi) is 5.66. The van der Waals surface area contributed by atoms with Crippen molar-refractivity contribution in [3.8, 4) is 0 Å². The van der Waals surface area contributed by atoms with E-state index in [0.29, 0.717) is 18.5 Å². The molecule has 2 heteroatoms. The van der Waals surface area contributed by atoms with Crippen molar-refractivity contribution in [1.82, 2.24) is 5.32 Å².